The molecule has 1 aromatic carbocycles. The van der Waals surface area contributed by atoms with Crippen LogP contribution in [0.3, 0.4) is 0 Å². The predicted octanol–water partition coefficient (Wildman–Crippen LogP) is 4.22. The van der Waals surface area contributed by atoms with Crippen molar-refractivity contribution in [2.24, 2.45) is 11.8 Å². The Hall–Kier alpha value is -0.890. The molecule has 0 radical (unpaired) electrons. The molecule has 1 N–H and O–H groups in total. The molecule has 0 heterocycles. The van der Waals surface area contributed by atoms with Gasteiger partial charge in [-0.05, 0) is 55.7 Å². The van der Waals surface area contributed by atoms with Gasteiger partial charge >= 0.3 is 0 Å². The number of halogens is 1. The number of hydrogen-bond acceptors (Lipinski definition) is 1. The molecule has 0 aliphatic heterocycles. The molecule has 0 bridgehead atoms. The van der Waals surface area contributed by atoms with Gasteiger partial charge in [0, 0.05) is 12.1 Å². The van der Waals surface area contributed by atoms with Gasteiger partial charge in [-0.2, -0.15) is 0 Å². The molecule has 18 heavy (non-hydrogen) atoms. The highest BCUT2D eigenvalue weighted by Gasteiger charge is 2.30. The molecule has 1 aromatic rings. The standard InChI is InChI=1S/C16H24FN/c1-10-6-8-16(12(10)3)18-13(4)14-7-5-11(2)15(17)9-14/h5,7,9-10,12-13,16,18H,6,8H2,1-4H3. The van der Waals surface area contributed by atoms with E-state index in [2.05, 4.69) is 26.1 Å². The lowest BCUT2D eigenvalue weighted by Gasteiger charge is -2.24. The van der Waals surface area contributed by atoms with Crippen LogP contribution < -0.4 is 5.32 Å². The Morgan fingerprint density at radius 3 is 2.56 bits per heavy atom. The summed E-state index contributed by atoms with van der Waals surface area (Å²) >= 11 is 0. The van der Waals surface area contributed by atoms with Gasteiger partial charge in [0.25, 0.3) is 0 Å². The maximum absolute atomic E-state index is 13.6. The molecule has 0 spiro atoms. The van der Waals surface area contributed by atoms with Gasteiger partial charge in [0.1, 0.15) is 5.82 Å². The lowest BCUT2D eigenvalue weighted by atomic mass is 9.96. The number of benzene rings is 1. The van der Waals surface area contributed by atoms with Gasteiger partial charge in [0.15, 0.2) is 0 Å². The Labute approximate surface area is 110 Å². The van der Waals surface area contributed by atoms with Gasteiger partial charge in [-0.3, -0.25) is 0 Å². The maximum atomic E-state index is 13.6. The van der Waals surface area contributed by atoms with Crippen LogP contribution in [0.4, 0.5) is 4.39 Å². The van der Waals surface area contributed by atoms with Gasteiger partial charge in [-0.1, -0.05) is 26.0 Å². The van der Waals surface area contributed by atoms with Crippen LogP contribution in [0.2, 0.25) is 0 Å². The largest absolute Gasteiger partial charge is 0.307 e. The van der Waals surface area contributed by atoms with Crippen LogP contribution in [0.15, 0.2) is 18.2 Å². The van der Waals surface area contributed by atoms with E-state index in [0.717, 1.165) is 11.5 Å². The highest BCUT2D eigenvalue weighted by molar-refractivity contribution is 5.25. The van der Waals surface area contributed by atoms with Crippen LogP contribution >= 0.6 is 0 Å². The van der Waals surface area contributed by atoms with Crippen LogP contribution in [0.1, 0.15) is 50.8 Å². The van der Waals surface area contributed by atoms with E-state index in [-0.39, 0.29) is 11.9 Å². The zero-order valence-electron chi connectivity index (χ0n) is 11.8. The lowest BCUT2D eigenvalue weighted by Crippen LogP contribution is -2.34. The van der Waals surface area contributed by atoms with Gasteiger partial charge in [0.05, 0.1) is 0 Å². The van der Waals surface area contributed by atoms with Crippen LogP contribution in [-0.4, -0.2) is 6.04 Å². The van der Waals surface area contributed by atoms with Crippen molar-refractivity contribution in [2.45, 2.75) is 52.6 Å². The highest BCUT2D eigenvalue weighted by atomic mass is 19.1. The average Bonchev–Trinajstić information content (AvgIpc) is 2.64. The summed E-state index contributed by atoms with van der Waals surface area (Å²) < 4.78 is 13.6. The minimum Gasteiger partial charge on any atom is -0.307 e. The predicted molar refractivity (Wildman–Crippen MR) is 74.0 cm³/mol. The zero-order chi connectivity index (χ0) is 13.3. The molecule has 2 rings (SSSR count). The molecule has 0 aromatic heterocycles. The first kappa shape index (κ1) is 13.5. The summed E-state index contributed by atoms with van der Waals surface area (Å²) in [5, 5.41) is 3.66. The molecule has 0 saturated heterocycles. The Balaban J connectivity index is 2.03. The fraction of sp³-hybridized carbons (Fsp3) is 0.625. The SMILES string of the molecule is Cc1ccc(C(C)NC2CCC(C)C2C)cc1F. The third-order valence-electron chi connectivity index (χ3n) is 4.63. The molecule has 1 saturated carbocycles. The molecule has 0 amide bonds. The number of nitrogens with one attached hydrogen (secondary N) is 1. The van der Waals surface area contributed by atoms with Crippen molar-refractivity contribution in [3.8, 4) is 0 Å². The quantitative estimate of drug-likeness (QED) is 0.845. The van der Waals surface area contributed by atoms with E-state index in [0.29, 0.717) is 17.5 Å². The van der Waals surface area contributed by atoms with E-state index in [9.17, 15) is 4.39 Å². The fourth-order valence-electron chi connectivity index (χ4n) is 2.90. The van der Waals surface area contributed by atoms with E-state index in [1.807, 2.05) is 12.1 Å². The average molecular weight is 249 g/mol. The summed E-state index contributed by atoms with van der Waals surface area (Å²) in [6, 6.07) is 6.34. The van der Waals surface area contributed by atoms with Crippen molar-refractivity contribution in [3.05, 3.63) is 35.1 Å². The van der Waals surface area contributed by atoms with Crippen molar-refractivity contribution in [2.75, 3.05) is 0 Å². The molecule has 1 aliphatic rings. The van der Waals surface area contributed by atoms with E-state index < -0.39 is 0 Å². The Morgan fingerprint density at radius 2 is 2.00 bits per heavy atom. The summed E-state index contributed by atoms with van der Waals surface area (Å²) in [5.74, 6) is 1.40. The zero-order valence-corrected chi connectivity index (χ0v) is 11.8. The van der Waals surface area contributed by atoms with E-state index >= 15 is 0 Å². The minimum absolute atomic E-state index is 0.103. The molecule has 1 nitrogen and oxygen atoms in total. The summed E-state index contributed by atoms with van der Waals surface area (Å²) in [4.78, 5) is 0. The first-order valence-corrected chi connectivity index (χ1v) is 7.01. The summed E-state index contributed by atoms with van der Waals surface area (Å²) in [6.45, 7) is 8.57. The van der Waals surface area contributed by atoms with Crippen LogP contribution in [-0.2, 0) is 0 Å². The monoisotopic (exact) mass is 249 g/mol. The van der Waals surface area contributed by atoms with Crippen LogP contribution in [0, 0.1) is 24.6 Å². The number of hydrogen-bond donors (Lipinski definition) is 1. The maximum Gasteiger partial charge on any atom is 0.126 e. The second-order valence-electron chi connectivity index (χ2n) is 5.92. The molecule has 4 unspecified atom stereocenters. The summed E-state index contributed by atoms with van der Waals surface area (Å²) in [6.07, 6.45) is 2.54. The summed E-state index contributed by atoms with van der Waals surface area (Å²) in [5.41, 5.74) is 1.76. The van der Waals surface area contributed by atoms with Crippen molar-refractivity contribution in [3.63, 3.8) is 0 Å². The minimum atomic E-state index is -0.103. The van der Waals surface area contributed by atoms with Gasteiger partial charge < -0.3 is 5.32 Å². The first-order chi connectivity index (χ1) is 8.49. The van der Waals surface area contributed by atoms with Gasteiger partial charge in [-0.15, -0.1) is 0 Å². The number of rotatable bonds is 3. The summed E-state index contributed by atoms with van der Waals surface area (Å²) in [7, 11) is 0. The van der Waals surface area contributed by atoms with Crippen LogP contribution in [0.25, 0.3) is 0 Å². The third kappa shape index (κ3) is 2.74. The number of aryl methyl sites for hydroxylation is 1. The van der Waals surface area contributed by atoms with Crippen LogP contribution in [0.5, 0.6) is 0 Å². The van der Waals surface area contributed by atoms with E-state index in [1.54, 1.807) is 13.0 Å². The molecule has 1 aliphatic carbocycles. The Bertz CT molecular complexity index is 416. The van der Waals surface area contributed by atoms with Crippen molar-refractivity contribution in [1.82, 2.24) is 5.32 Å². The van der Waals surface area contributed by atoms with E-state index in [1.165, 1.54) is 12.8 Å². The van der Waals surface area contributed by atoms with Gasteiger partial charge in [-0.25, -0.2) is 4.39 Å². The topological polar surface area (TPSA) is 12.0 Å². The molecule has 1 fully saturated rings. The molecule has 100 valence electrons. The van der Waals surface area contributed by atoms with E-state index in [4.69, 9.17) is 0 Å². The van der Waals surface area contributed by atoms with Crippen molar-refractivity contribution in [1.29, 1.82) is 0 Å². The molecular weight excluding hydrogens is 225 g/mol. The Kier molecular flexibility index (Phi) is 4.06. The molecular formula is C16H24FN. The molecule has 4 atom stereocenters. The lowest BCUT2D eigenvalue weighted by molar-refractivity contribution is 0.346. The molecule has 2 heteroatoms. The Morgan fingerprint density at radius 1 is 1.28 bits per heavy atom. The second-order valence-corrected chi connectivity index (χ2v) is 5.92. The third-order valence-corrected chi connectivity index (χ3v) is 4.63. The van der Waals surface area contributed by atoms with Crippen molar-refractivity contribution < 1.29 is 4.39 Å². The van der Waals surface area contributed by atoms with Crippen molar-refractivity contribution >= 4 is 0 Å². The second kappa shape index (κ2) is 5.40. The fourth-order valence-corrected chi connectivity index (χ4v) is 2.90. The normalized spacial score (nSPS) is 29.5. The highest BCUT2D eigenvalue weighted by Crippen LogP contribution is 2.32. The first-order valence-electron chi connectivity index (χ1n) is 7.01. The van der Waals surface area contributed by atoms with Gasteiger partial charge in [0.2, 0.25) is 0 Å². The smallest absolute Gasteiger partial charge is 0.126 e.